The first kappa shape index (κ1) is 10.3. The summed E-state index contributed by atoms with van der Waals surface area (Å²) in [7, 11) is 0. The van der Waals surface area contributed by atoms with Gasteiger partial charge in [0.25, 0.3) is 0 Å². The highest BCUT2D eigenvalue weighted by Gasteiger charge is 2.29. The van der Waals surface area contributed by atoms with E-state index in [-0.39, 0.29) is 11.2 Å². The number of hydrogen-bond acceptors (Lipinski definition) is 1. The summed E-state index contributed by atoms with van der Waals surface area (Å²) in [6.07, 6.45) is 5.61. The van der Waals surface area contributed by atoms with Gasteiger partial charge in [-0.1, -0.05) is 26.0 Å². The molecule has 1 aliphatic carbocycles. The molecule has 0 atom stereocenters. The number of rotatable bonds is 1. The summed E-state index contributed by atoms with van der Waals surface area (Å²) in [5.74, 6) is 0.536. The molecule has 17 heavy (non-hydrogen) atoms. The quantitative estimate of drug-likeness (QED) is 0.705. The van der Waals surface area contributed by atoms with Gasteiger partial charge in [-0.3, -0.25) is 0 Å². The van der Waals surface area contributed by atoms with Gasteiger partial charge in [-0.2, -0.15) is 0 Å². The highest BCUT2D eigenvalue weighted by atomic mass is 19.1. The highest BCUT2D eigenvalue weighted by molar-refractivity contribution is 5.71. The number of halogens is 1. The Morgan fingerprint density at radius 1 is 1.24 bits per heavy atom. The molecule has 0 spiro atoms. The Kier molecular flexibility index (Phi) is 2.02. The van der Waals surface area contributed by atoms with Crippen LogP contribution in [0.1, 0.15) is 25.0 Å². The van der Waals surface area contributed by atoms with Crippen molar-refractivity contribution in [2.24, 2.45) is 0 Å². The van der Waals surface area contributed by atoms with Crippen LogP contribution in [0.15, 0.2) is 41.0 Å². The third-order valence-electron chi connectivity index (χ3n) is 3.25. The molecule has 0 bridgehead atoms. The molecule has 0 saturated heterocycles. The third-order valence-corrected chi connectivity index (χ3v) is 3.25. The summed E-state index contributed by atoms with van der Waals surface area (Å²) >= 11 is 0. The molecule has 0 radical (unpaired) electrons. The summed E-state index contributed by atoms with van der Waals surface area (Å²) in [6, 6.07) is 7.17. The van der Waals surface area contributed by atoms with E-state index in [4.69, 9.17) is 4.42 Å². The van der Waals surface area contributed by atoms with Gasteiger partial charge in [0.05, 0.1) is 6.26 Å². The topological polar surface area (TPSA) is 13.1 Å². The van der Waals surface area contributed by atoms with E-state index in [1.54, 1.807) is 18.4 Å². The fraction of sp³-hybridized carbons (Fsp3) is 0.200. The molecule has 3 rings (SSSR count). The summed E-state index contributed by atoms with van der Waals surface area (Å²) in [5.41, 5.74) is 2.28. The standard InChI is InChI=1S/C15H13FO/c1-15(2)6-5-10-8-11(9-12(16)14(10)15)13-4-3-7-17-13/h3-9H,1-2H3. The molecule has 1 nitrogen and oxygen atoms in total. The van der Waals surface area contributed by atoms with Gasteiger partial charge >= 0.3 is 0 Å². The zero-order valence-corrected chi connectivity index (χ0v) is 9.83. The number of hydrogen-bond donors (Lipinski definition) is 0. The maximum absolute atomic E-state index is 14.2. The van der Waals surface area contributed by atoms with Gasteiger partial charge in [-0.15, -0.1) is 0 Å². The Labute approximate surface area is 99.6 Å². The fourth-order valence-corrected chi connectivity index (χ4v) is 2.41. The number of allylic oxidation sites excluding steroid dienone is 1. The second-order valence-electron chi connectivity index (χ2n) is 4.95. The van der Waals surface area contributed by atoms with Gasteiger partial charge in [0.1, 0.15) is 11.6 Å². The summed E-state index contributed by atoms with van der Waals surface area (Å²) in [5, 5.41) is 0. The fourth-order valence-electron chi connectivity index (χ4n) is 2.41. The predicted molar refractivity (Wildman–Crippen MR) is 66.2 cm³/mol. The van der Waals surface area contributed by atoms with Crippen LogP contribution in [0.4, 0.5) is 4.39 Å². The summed E-state index contributed by atoms with van der Waals surface area (Å²) in [6.45, 7) is 4.04. The third kappa shape index (κ3) is 1.52. The normalized spacial score (nSPS) is 16.2. The molecule has 1 aromatic carbocycles. The van der Waals surface area contributed by atoms with Crippen LogP contribution < -0.4 is 0 Å². The SMILES string of the molecule is CC1(C)C=Cc2cc(-c3ccco3)cc(F)c21. The van der Waals surface area contributed by atoms with Crippen LogP contribution in [0, 0.1) is 5.82 Å². The van der Waals surface area contributed by atoms with E-state index < -0.39 is 0 Å². The van der Waals surface area contributed by atoms with Gasteiger partial charge < -0.3 is 4.42 Å². The van der Waals surface area contributed by atoms with Gasteiger partial charge in [0.2, 0.25) is 0 Å². The minimum atomic E-state index is -0.221. The molecule has 1 aromatic heterocycles. The Bertz CT molecular complexity index is 592. The largest absolute Gasteiger partial charge is 0.464 e. The molecule has 0 N–H and O–H groups in total. The van der Waals surface area contributed by atoms with Crippen LogP contribution in [0.3, 0.4) is 0 Å². The van der Waals surface area contributed by atoms with E-state index in [1.165, 1.54) is 0 Å². The van der Waals surface area contributed by atoms with Gasteiger partial charge in [0, 0.05) is 16.5 Å². The van der Waals surface area contributed by atoms with E-state index in [2.05, 4.69) is 0 Å². The van der Waals surface area contributed by atoms with E-state index in [0.29, 0.717) is 5.76 Å². The Hall–Kier alpha value is -1.83. The molecule has 1 aliphatic rings. The van der Waals surface area contributed by atoms with Crippen molar-refractivity contribution in [2.75, 3.05) is 0 Å². The molecule has 2 aromatic rings. The van der Waals surface area contributed by atoms with Crippen molar-refractivity contribution in [1.29, 1.82) is 0 Å². The molecule has 2 heteroatoms. The van der Waals surface area contributed by atoms with Gasteiger partial charge in [-0.05, 0) is 29.8 Å². The lowest BCUT2D eigenvalue weighted by Gasteiger charge is -2.18. The van der Waals surface area contributed by atoms with Crippen LogP contribution in [0.25, 0.3) is 17.4 Å². The lowest BCUT2D eigenvalue weighted by Crippen LogP contribution is -2.13. The zero-order valence-electron chi connectivity index (χ0n) is 9.83. The molecule has 0 aliphatic heterocycles. The average molecular weight is 228 g/mol. The second-order valence-corrected chi connectivity index (χ2v) is 4.95. The van der Waals surface area contributed by atoms with Crippen molar-refractivity contribution in [2.45, 2.75) is 19.3 Å². The number of fused-ring (bicyclic) bond motifs is 1. The molecule has 0 amide bonds. The van der Waals surface area contributed by atoms with Crippen LogP contribution in [-0.2, 0) is 5.41 Å². The van der Waals surface area contributed by atoms with Crippen molar-refractivity contribution < 1.29 is 8.81 Å². The summed E-state index contributed by atoms with van der Waals surface area (Å²) < 4.78 is 19.5. The van der Waals surface area contributed by atoms with E-state index >= 15 is 0 Å². The lowest BCUT2D eigenvalue weighted by molar-refractivity contribution is 0.560. The molecular weight excluding hydrogens is 215 g/mol. The minimum absolute atomic E-state index is 0.163. The predicted octanol–water partition coefficient (Wildman–Crippen LogP) is 4.39. The maximum Gasteiger partial charge on any atom is 0.133 e. The van der Waals surface area contributed by atoms with Crippen molar-refractivity contribution >= 4 is 6.08 Å². The van der Waals surface area contributed by atoms with E-state index in [9.17, 15) is 4.39 Å². The second kappa shape index (κ2) is 3.33. The van der Waals surface area contributed by atoms with Gasteiger partial charge in [-0.25, -0.2) is 4.39 Å². The summed E-state index contributed by atoms with van der Waals surface area (Å²) in [4.78, 5) is 0. The Balaban J connectivity index is 2.20. The average Bonchev–Trinajstić information content (AvgIpc) is 2.86. The van der Waals surface area contributed by atoms with Gasteiger partial charge in [0.15, 0.2) is 0 Å². The molecule has 1 heterocycles. The van der Waals surface area contributed by atoms with Crippen molar-refractivity contribution in [3.05, 3.63) is 53.5 Å². The molecular formula is C15H13FO. The Morgan fingerprint density at radius 3 is 2.76 bits per heavy atom. The monoisotopic (exact) mass is 228 g/mol. The van der Waals surface area contributed by atoms with Crippen molar-refractivity contribution in [3.63, 3.8) is 0 Å². The van der Waals surface area contributed by atoms with E-state index in [1.807, 2.05) is 38.1 Å². The maximum atomic E-state index is 14.2. The van der Waals surface area contributed by atoms with Crippen molar-refractivity contribution in [1.82, 2.24) is 0 Å². The van der Waals surface area contributed by atoms with Crippen LogP contribution in [-0.4, -0.2) is 0 Å². The van der Waals surface area contributed by atoms with Crippen LogP contribution in [0.2, 0.25) is 0 Å². The molecule has 0 saturated carbocycles. The highest BCUT2D eigenvalue weighted by Crippen LogP contribution is 2.39. The molecule has 0 fully saturated rings. The van der Waals surface area contributed by atoms with Crippen molar-refractivity contribution in [3.8, 4) is 11.3 Å². The van der Waals surface area contributed by atoms with Crippen LogP contribution >= 0.6 is 0 Å². The first-order valence-corrected chi connectivity index (χ1v) is 5.65. The first-order valence-electron chi connectivity index (χ1n) is 5.65. The lowest BCUT2D eigenvalue weighted by atomic mass is 9.86. The first-order chi connectivity index (χ1) is 8.08. The zero-order chi connectivity index (χ0) is 12.0. The molecule has 0 unspecified atom stereocenters. The smallest absolute Gasteiger partial charge is 0.133 e. The minimum Gasteiger partial charge on any atom is -0.464 e. The Morgan fingerprint density at radius 2 is 2.06 bits per heavy atom. The van der Waals surface area contributed by atoms with E-state index in [0.717, 1.165) is 16.7 Å². The van der Waals surface area contributed by atoms with Crippen LogP contribution in [0.5, 0.6) is 0 Å². The number of furan rings is 1. The number of benzene rings is 1. The molecule has 86 valence electrons.